The van der Waals surface area contributed by atoms with Gasteiger partial charge in [0.05, 0.1) is 5.75 Å². The van der Waals surface area contributed by atoms with Crippen molar-refractivity contribution >= 4 is 34.1 Å². The largest absolute Gasteiger partial charge is 0.301 e. The van der Waals surface area contributed by atoms with E-state index in [9.17, 15) is 4.79 Å². The maximum Gasteiger partial charge on any atom is 0.236 e. The van der Waals surface area contributed by atoms with Gasteiger partial charge in [0, 0.05) is 11.1 Å². The summed E-state index contributed by atoms with van der Waals surface area (Å²) < 4.78 is 0. The van der Waals surface area contributed by atoms with Crippen molar-refractivity contribution in [2.24, 2.45) is 0 Å². The van der Waals surface area contributed by atoms with Gasteiger partial charge in [-0.15, -0.1) is 23.1 Å². The average molecular weight is 230 g/mol. The number of carbonyl (C=O) groups excluding carboxylic acids is 1. The van der Waals surface area contributed by atoms with Gasteiger partial charge < -0.3 is 5.32 Å². The van der Waals surface area contributed by atoms with Gasteiger partial charge in [0.15, 0.2) is 5.13 Å². The zero-order valence-electron chi connectivity index (χ0n) is 8.53. The predicted octanol–water partition coefficient (Wildman–Crippen LogP) is 2.53. The summed E-state index contributed by atoms with van der Waals surface area (Å²) in [7, 11) is 0. The van der Waals surface area contributed by atoms with E-state index in [0.717, 1.165) is 4.88 Å². The van der Waals surface area contributed by atoms with Gasteiger partial charge >= 0.3 is 0 Å². The molecule has 1 aromatic rings. The van der Waals surface area contributed by atoms with Gasteiger partial charge in [0.1, 0.15) is 0 Å². The van der Waals surface area contributed by atoms with Gasteiger partial charge in [-0.05, 0) is 12.2 Å². The predicted molar refractivity (Wildman–Crippen MR) is 63.1 cm³/mol. The topological polar surface area (TPSA) is 42.0 Å². The molecule has 0 spiro atoms. The third-order valence-corrected chi connectivity index (χ3v) is 3.34. The lowest BCUT2D eigenvalue weighted by molar-refractivity contribution is -0.113. The van der Waals surface area contributed by atoms with Crippen molar-refractivity contribution in [3.8, 4) is 0 Å². The Kier molecular flexibility index (Phi) is 4.41. The van der Waals surface area contributed by atoms with Gasteiger partial charge in [-0.3, -0.25) is 4.79 Å². The lowest BCUT2D eigenvalue weighted by atomic mass is 10.6. The number of nitrogens with zero attached hydrogens (tertiary/aromatic N) is 1. The highest BCUT2D eigenvalue weighted by molar-refractivity contribution is 8.00. The van der Waals surface area contributed by atoms with E-state index >= 15 is 0 Å². The molecule has 5 heteroatoms. The fraction of sp³-hybridized carbons (Fsp3) is 0.556. The van der Waals surface area contributed by atoms with Gasteiger partial charge in [-0.25, -0.2) is 4.98 Å². The fourth-order valence-electron chi connectivity index (χ4n) is 0.810. The zero-order valence-corrected chi connectivity index (χ0v) is 10.2. The first-order valence-electron chi connectivity index (χ1n) is 4.42. The second-order valence-corrected chi connectivity index (χ2v) is 5.98. The molecule has 0 unspecified atom stereocenters. The lowest BCUT2D eigenvalue weighted by Gasteiger charge is -2.03. The van der Waals surface area contributed by atoms with Crippen molar-refractivity contribution < 1.29 is 4.79 Å². The van der Waals surface area contributed by atoms with Crippen LogP contribution in [0.3, 0.4) is 0 Å². The molecule has 0 aliphatic rings. The summed E-state index contributed by atoms with van der Waals surface area (Å²) in [6, 6.07) is 0. The summed E-state index contributed by atoms with van der Waals surface area (Å²) >= 11 is 3.13. The number of nitrogens with one attached hydrogen (secondary N) is 1. The number of hydrogen-bond donors (Lipinski definition) is 1. The number of hydrogen-bond acceptors (Lipinski definition) is 4. The molecule has 1 aromatic heterocycles. The van der Waals surface area contributed by atoms with E-state index in [1.165, 1.54) is 11.3 Å². The van der Waals surface area contributed by atoms with Gasteiger partial charge in [0.25, 0.3) is 0 Å². The van der Waals surface area contributed by atoms with Crippen LogP contribution in [0.1, 0.15) is 18.7 Å². The second-order valence-electron chi connectivity index (χ2n) is 3.18. The Morgan fingerprint density at radius 2 is 2.43 bits per heavy atom. The Hall–Kier alpha value is -0.550. The molecular weight excluding hydrogens is 216 g/mol. The smallest absolute Gasteiger partial charge is 0.236 e. The van der Waals surface area contributed by atoms with Crippen molar-refractivity contribution in [2.45, 2.75) is 26.0 Å². The Morgan fingerprint density at radius 1 is 1.71 bits per heavy atom. The summed E-state index contributed by atoms with van der Waals surface area (Å²) in [5, 5.41) is 3.94. The van der Waals surface area contributed by atoms with Gasteiger partial charge in [-0.1, -0.05) is 13.8 Å². The van der Waals surface area contributed by atoms with E-state index < -0.39 is 0 Å². The van der Waals surface area contributed by atoms with E-state index in [4.69, 9.17) is 0 Å². The summed E-state index contributed by atoms with van der Waals surface area (Å²) in [5.74, 6) is 0.522. The quantitative estimate of drug-likeness (QED) is 0.864. The Labute approximate surface area is 92.3 Å². The molecule has 0 aromatic carbocycles. The summed E-state index contributed by atoms with van der Waals surface area (Å²) in [6.07, 6.45) is 1.76. The number of amides is 1. The molecule has 0 aliphatic heterocycles. The van der Waals surface area contributed by atoms with Crippen molar-refractivity contribution in [3.63, 3.8) is 0 Å². The van der Waals surface area contributed by atoms with Crippen LogP contribution in [0.4, 0.5) is 5.13 Å². The van der Waals surface area contributed by atoms with Crippen molar-refractivity contribution in [3.05, 3.63) is 11.1 Å². The zero-order chi connectivity index (χ0) is 10.6. The van der Waals surface area contributed by atoms with Gasteiger partial charge in [-0.2, -0.15) is 0 Å². The molecule has 0 atom stereocenters. The van der Waals surface area contributed by atoms with E-state index in [0.29, 0.717) is 16.1 Å². The fourth-order valence-corrected chi connectivity index (χ4v) is 2.05. The second kappa shape index (κ2) is 5.36. The summed E-state index contributed by atoms with van der Waals surface area (Å²) in [6.45, 7) is 6.12. The Morgan fingerprint density at radius 3 is 2.93 bits per heavy atom. The standard InChI is InChI=1S/C9H14N2OS2/c1-6(2)13-5-8(12)11-9-10-4-7(3)14-9/h4,6H,5H2,1-3H3,(H,10,11,12). The molecule has 0 saturated heterocycles. The first kappa shape index (κ1) is 11.5. The van der Waals surface area contributed by atoms with E-state index in [1.54, 1.807) is 18.0 Å². The molecule has 3 nitrogen and oxygen atoms in total. The first-order valence-corrected chi connectivity index (χ1v) is 6.28. The van der Waals surface area contributed by atoms with Crippen molar-refractivity contribution in [2.75, 3.05) is 11.1 Å². The number of thioether (sulfide) groups is 1. The maximum absolute atomic E-state index is 11.4. The molecule has 0 aliphatic carbocycles. The van der Waals surface area contributed by atoms with Crippen LogP contribution < -0.4 is 5.32 Å². The highest BCUT2D eigenvalue weighted by Crippen LogP contribution is 2.17. The molecule has 1 N–H and O–H groups in total. The number of carbonyl (C=O) groups is 1. The maximum atomic E-state index is 11.4. The van der Waals surface area contributed by atoms with Crippen LogP contribution in [0.2, 0.25) is 0 Å². The van der Waals surface area contributed by atoms with Crippen LogP contribution in [0.15, 0.2) is 6.20 Å². The minimum Gasteiger partial charge on any atom is -0.301 e. The molecular formula is C9H14N2OS2. The summed E-state index contributed by atoms with van der Waals surface area (Å²) in [4.78, 5) is 16.5. The molecule has 14 heavy (non-hydrogen) atoms. The Bertz CT molecular complexity index is 310. The summed E-state index contributed by atoms with van der Waals surface area (Å²) in [5.41, 5.74) is 0. The van der Waals surface area contributed by atoms with Crippen molar-refractivity contribution in [1.29, 1.82) is 0 Å². The molecule has 78 valence electrons. The Balaban J connectivity index is 2.34. The molecule has 1 amide bonds. The first-order chi connectivity index (χ1) is 6.58. The third kappa shape index (κ3) is 4.11. The molecule has 0 radical (unpaired) electrons. The normalized spacial score (nSPS) is 10.6. The molecule has 1 rings (SSSR count). The third-order valence-electron chi connectivity index (χ3n) is 1.42. The number of rotatable bonds is 4. The molecule has 1 heterocycles. The van der Waals surface area contributed by atoms with Gasteiger partial charge in [0.2, 0.25) is 5.91 Å². The van der Waals surface area contributed by atoms with Crippen LogP contribution in [-0.2, 0) is 4.79 Å². The van der Waals surface area contributed by atoms with Crippen LogP contribution in [-0.4, -0.2) is 21.9 Å². The molecule has 0 bridgehead atoms. The number of anilines is 1. The van der Waals surface area contributed by atoms with E-state index in [-0.39, 0.29) is 5.91 Å². The SMILES string of the molecule is Cc1cnc(NC(=O)CSC(C)C)s1. The van der Waals surface area contributed by atoms with E-state index in [1.807, 2.05) is 6.92 Å². The lowest BCUT2D eigenvalue weighted by Crippen LogP contribution is -2.14. The number of aryl methyl sites for hydroxylation is 1. The van der Waals surface area contributed by atoms with Crippen LogP contribution in [0, 0.1) is 6.92 Å². The van der Waals surface area contributed by atoms with Crippen LogP contribution in [0.5, 0.6) is 0 Å². The number of aromatic nitrogens is 1. The molecule has 0 saturated carbocycles. The van der Waals surface area contributed by atoms with Crippen molar-refractivity contribution in [1.82, 2.24) is 4.98 Å². The van der Waals surface area contributed by atoms with Crippen LogP contribution in [0.25, 0.3) is 0 Å². The number of thiazole rings is 1. The monoisotopic (exact) mass is 230 g/mol. The minimum absolute atomic E-state index is 0.0260. The average Bonchev–Trinajstić information content (AvgIpc) is 2.48. The molecule has 0 fully saturated rings. The van der Waals surface area contributed by atoms with Crippen LogP contribution >= 0.6 is 23.1 Å². The highest BCUT2D eigenvalue weighted by atomic mass is 32.2. The van der Waals surface area contributed by atoms with E-state index in [2.05, 4.69) is 24.1 Å². The minimum atomic E-state index is 0.0260. The highest BCUT2D eigenvalue weighted by Gasteiger charge is 2.06.